The van der Waals surface area contributed by atoms with Gasteiger partial charge in [-0.3, -0.25) is 0 Å². The van der Waals surface area contributed by atoms with Crippen LogP contribution < -0.4 is 5.73 Å². The average molecular weight is 298 g/mol. The van der Waals surface area contributed by atoms with Crippen LogP contribution in [0.4, 0.5) is 5.82 Å². The lowest BCUT2D eigenvalue weighted by molar-refractivity contribution is 0.700. The predicted molar refractivity (Wildman–Crippen MR) is 87.4 cm³/mol. The first-order chi connectivity index (χ1) is 10.1. The molecule has 0 fully saturated rings. The summed E-state index contributed by atoms with van der Waals surface area (Å²) in [5.74, 6) is 0.633. The summed E-state index contributed by atoms with van der Waals surface area (Å²) in [6, 6.07) is 17.8. The Morgan fingerprint density at radius 2 is 1.81 bits per heavy atom. The number of nitrogens with zero attached hydrogens (tertiary/aromatic N) is 2. The summed E-state index contributed by atoms with van der Waals surface area (Å²) >= 11 is 6.19. The van der Waals surface area contributed by atoms with Crippen molar-refractivity contribution < 1.29 is 0 Å². The van der Waals surface area contributed by atoms with Crippen molar-refractivity contribution in [3.8, 4) is 11.3 Å². The number of anilines is 1. The Balaban J connectivity index is 1.96. The number of rotatable bonds is 3. The molecule has 0 aliphatic carbocycles. The molecule has 0 aliphatic heterocycles. The molecule has 3 aromatic rings. The van der Waals surface area contributed by atoms with Crippen LogP contribution in [0.1, 0.15) is 11.1 Å². The molecule has 0 spiro atoms. The first-order valence-corrected chi connectivity index (χ1v) is 7.15. The lowest BCUT2D eigenvalue weighted by atomic mass is 10.1. The van der Waals surface area contributed by atoms with Gasteiger partial charge in [0, 0.05) is 16.7 Å². The smallest absolute Gasteiger partial charge is 0.122 e. The second-order valence-corrected chi connectivity index (χ2v) is 5.43. The molecule has 3 nitrogen and oxygen atoms in total. The first-order valence-electron chi connectivity index (χ1n) is 6.78. The Labute approximate surface area is 129 Å². The molecule has 2 aromatic carbocycles. The Bertz CT molecular complexity index is 777. The van der Waals surface area contributed by atoms with E-state index in [0.717, 1.165) is 21.8 Å². The highest BCUT2D eigenvalue weighted by atomic mass is 35.5. The van der Waals surface area contributed by atoms with Gasteiger partial charge in [-0.2, -0.15) is 5.10 Å². The lowest BCUT2D eigenvalue weighted by Crippen LogP contribution is -2.06. The van der Waals surface area contributed by atoms with Gasteiger partial charge in [-0.1, -0.05) is 54.1 Å². The van der Waals surface area contributed by atoms with E-state index in [2.05, 4.69) is 24.2 Å². The number of nitrogens with two attached hydrogens (primary N) is 1. The molecule has 4 heteroatoms. The monoisotopic (exact) mass is 297 g/mol. The molecule has 0 saturated heterocycles. The van der Waals surface area contributed by atoms with E-state index >= 15 is 0 Å². The second-order valence-electron chi connectivity index (χ2n) is 5.02. The van der Waals surface area contributed by atoms with Crippen LogP contribution in [0.5, 0.6) is 0 Å². The molecule has 0 unspecified atom stereocenters. The fourth-order valence-electron chi connectivity index (χ4n) is 2.34. The molecule has 1 heterocycles. The Kier molecular flexibility index (Phi) is 3.67. The van der Waals surface area contributed by atoms with E-state index in [4.69, 9.17) is 17.3 Å². The molecular formula is C17H16ClN3. The van der Waals surface area contributed by atoms with Crippen LogP contribution in [0.2, 0.25) is 5.02 Å². The lowest BCUT2D eigenvalue weighted by Gasteiger charge is -2.06. The summed E-state index contributed by atoms with van der Waals surface area (Å²) in [5.41, 5.74) is 10.3. The standard InChI is InChI=1S/C17H16ClN3/c1-12-6-2-4-8-14(12)16-10-17(19)21(20-16)11-13-7-3-5-9-15(13)18/h2-10H,11,19H2,1H3. The van der Waals surface area contributed by atoms with Crippen molar-refractivity contribution in [1.82, 2.24) is 9.78 Å². The molecular weight excluding hydrogens is 282 g/mol. The quantitative estimate of drug-likeness (QED) is 0.789. The zero-order valence-electron chi connectivity index (χ0n) is 11.8. The van der Waals surface area contributed by atoms with Gasteiger partial charge in [0.25, 0.3) is 0 Å². The molecule has 0 atom stereocenters. The summed E-state index contributed by atoms with van der Waals surface area (Å²) in [6.45, 7) is 2.63. The minimum atomic E-state index is 0.567. The van der Waals surface area contributed by atoms with Crippen LogP contribution in [0.3, 0.4) is 0 Å². The predicted octanol–water partition coefficient (Wildman–Crippen LogP) is 4.14. The summed E-state index contributed by atoms with van der Waals surface area (Å²) in [7, 11) is 0. The fourth-order valence-corrected chi connectivity index (χ4v) is 2.53. The summed E-state index contributed by atoms with van der Waals surface area (Å²) < 4.78 is 1.78. The molecule has 2 N–H and O–H groups in total. The fraction of sp³-hybridized carbons (Fsp3) is 0.118. The van der Waals surface area contributed by atoms with Crippen molar-refractivity contribution in [3.63, 3.8) is 0 Å². The van der Waals surface area contributed by atoms with Gasteiger partial charge < -0.3 is 5.73 Å². The zero-order chi connectivity index (χ0) is 14.8. The number of aryl methyl sites for hydroxylation is 1. The Morgan fingerprint density at radius 1 is 1.10 bits per heavy atom. The third-order valence-electron chi connectivity index (χ3n) is 3.51. The highest BCUT2D eigenvalue weighted by Gasteiger charge is 2.10. The van der Waals surface area contributed by atoms with Crippen molar-refractivity contribution in [3.05, 3.63) is 70.7 Å². The van der Waals surface area contributed by atoms with E-state index in [1.54, 1.807) is 4.68 Å². The third kappa shape index (κ3) is 2.78. The van der Waals surface area contributed by atoms with Crippen molar-refractivity contribution in [2.45, 2.75) is 13.5 Å². The van der Waals surface area contributed by atoms with Gasteiger partial charge in [0.2, 0.25) is 0 Å². The van der Waals surface area contributed by atoms with Crippen molar-refractivity contribution in [2.24, 2.45) is 0 Å². The van der Waals surface area contributed by atoms with E-state index in [1.807, 2.05) is 42.5 Å². The molecule has 3 rings (SSSR count). The third-order valence-corrected chi connectivity index (χ3v) is 3.88. The van der Waals surface area contributed by atoms with Gasteiger partial charge in [-0.05, 0) is 24.1 Å². The van der Waals surface area contributed by atoms with Crippen LogP contribution >= 0.6 is 11.6 Å². The van der Waals surface area contributed by atoms with Gasteiger partial charge >= 0.3 is 0 Å². The largest absolute Gasteiger partial charge is 0.384 e. The van der Waals surface area contributed by atoms with Crippen LogP contribution in [-0.2, 0) is 6.54 Å². The minimum absolute atomic E-state index is 0.567. The number of hydrogen-bond acceptors (Lipinski definition) is 2. The van der Waals surface area contributed by atoms with Gasteiger partial charge in [0.15, 0.2) is 0 Å². The number of halogens is 1. The zero-order valence-corrected chi connectivity index (χ0v) is 12.5. The molecule has 0 radical (unpaired) electrons. The maximum Gasteiger partial charge on any atom is 0.122 e. The number of nitrogen functional groups attached to an aromatic ring is 1. The van der Waals surface area contributed by atoms with Gasteiger partial charge in [0.05, 0.1) is 12.2 Å². The van der Waals surface area contributed by atoms with E-state index in [9.17, 15) is 0 Å². The van der Waals surface area contributed by atoms with Crippen molar-refractivity contribution >= 4 is 17.4 Å². The maximum atomic E-state index is 6.19. The maximum absolute atomic E-state index is 6.19. The summed E-state index contributed by atoms with van der Waals surface area (Å²) in [6.07, 6.45) is 0. The highest BCUT2D eigenvalue weighted by Crippen LogP contribution is 2.25. The first kappa shape index (κ1) is 13.7. The summed E-state index contributed by atoms with van der Waals surface area (Å²) in [5, 5.41) is 5.34. The summed E-state index contributed by atoms with van der Waals surface area (Å²) in [4.78, 5) is 0. The molecule has 106 valence electrons. The molecule has 0 amide bonds. The highest BCUT2D eigenvalue weighted by molar-refractivity contribution is 6.31. The topological polar surface area (TPSA) is 43.8 Å². The van der Waals surface area contributed by atoms with Crippen molar-refractivity contribution in [2.75, 3.05) is 5.73 Å². The van der Waals surface area contributed by atoms with E-state index in [-0.39, 0.29) is 0 Å². The molecule has 0 bridgehead atoms. The average Bonchev–Trinajstić information content (AvgIpc) is 2.83. The Hall–Kier alpha value is -2.26. The number of benzene rings is 2. The number of hydrogen-bond donors (Lipinski definition) is 1. The van der Waals surface area contributed by atoms with E-state index < -0.39 is 0 Å². The van der Waals surface area contributed by atoms with Crippen LogP contribution in [-0.4, -0.2) is 9.78 Å². The second kappa shape index (κ2) is 5.62. The number of aromatic nitrogens is 2. The molecule has 0 aliphatic rings. The normalized spacial score (nSPS) is 10.8. The van der Waals surface area contributed by atoms with Crippen LogP contribution in [0.25, 0.3) is 11.3 Å². The van der Waals surface area contributed by atoms with Gasteiger partial charge in [-0.25, -0.2) is 4.68 Å². The van der Waals surface area contributed by atoms with E-state index in [0.29, 0.717) is 12.4 Å². The SMILES string of the molecule is Cc1ccccc1-c1cc(N)n(Cc2ccccc2Cl)n1. The van der Waals surface area contributed by atoms with E-state index in [1.165, 1.54) is 5.56 Å². The molecule has 0 saturated carbocycles. The Morgan fingerprint density at radius 3 is 2.57 bits per heavy atom. The van der Waals surface area contributed by atoms with Crippen molar-refractivity contribution in [1.29, 1.82) is 0 Å². The molecule has 21 heavy (non-hydrogen) atoms. The minimum Gasteiger partial charge on any atom is -0.384 e. The molecule has 1 aromatic heterocycles. The van der Waals surface area contributed by atoms with Gasteiger partial charge in [-0.15, -0.1) is 0 Å². The van der Waals surface area contributed by atoms with Crippen LogP contribution in [0, 0.1) is 6.92 Å². The van der Waals surface area contributed by atoms with Gasteiger partial charge in [0.1, 0.15) is 5.82 Å². The van der Waals surface area contributed by atoms with Crippen LogP contribution in [0.15, 0.2) is 54.6 Å².